The molecule has 6 heteroatoms. The Morgan fingerprint density at radius 1 is 0.207 bits per heavy atom. The van der Waals surface area contributed by atoms with Crippen molar-refractivity contribution in [3.63, 3.8) is 0 Å². The van der Waals surface area contributed by atoms with Crippen molar-refractivity contribution < 1.29 is 0 Å². The van der Waals surface area contributed by atoms with Crippen molar-refractivity contribution in [1.82, 2.24) is 28.2 Å². The molecule has 0 bridgehead atoms. The molecule has 0 spiro atoms. The first-order valence-electron chi connectivity index (χ1n) is 28.0. The van der Waals surface area contributed by atoms with E-state index in [1.54, 1.807) is 0 Å². The molecule has 11 aromatic carbocycles. The van der Waals surface area contributed by atoms with E-state index in [2.05, 4.69) is 309 Å². The van der Waals surface area contributed by atoms with Crippen LogP contribution in [0.3, 0.4) is 0 Å². The summed E-state index contributed by atoms with van der Waals surface area (Å²) in [5, 5.41) is 9.23. The maximum atomic E-state index is 6.47. The van der Waals surface area contributed by atoms with E-state index in [9.17, 15) is 0 Å². The summed E-state index contributed by atoms with van der Waals surface area (Å²) in [6.45, 7) is 0. The Morgan fingerprint density at radius 2 is 0.463 bits per heavy atom. The van der Waals surface area contributed by atoms with Crippen molar-refractivity contribution in [3.8, 4) is 67.8 Å². The van der Waals surface area contributed by atoms with E-state index >= 15 is 0 Å². The van der Waals surface area contributed by atoms with Crippen LogP contribution < -0.4 is 0 Å². The SMILES string of the molecule is c1ccc(-c2cc(-c3ccccc3-c3c(-n4c5ccccc5c5ccccc54)c(-n4c5ccccc5c5ccccc54)nc(-n4c5ccccc5c5ccccc54)c3-n3c4ccccc4c4ccccc43)cc(-c3ccccc3)n2)cc1. The average molecular weight is 1050 g/mol. The van der Waals surface area contributed by atoms with Crippen LogP contribution in [0.2, 0.25) is 0 Å². The quantitative estimate of drug-likeness (QED) is 0.152. The second-order valence-corrected chi connectivity index (χ2v) is 21.2. The Morgan fingerprint density at radius 3 is 0.780 bits per heavy atom. The Hall–Kier alpha value is -11.1. The third-order valence-corrected chi connectivity index (χ3v) is 16.8. The molecule has 0 aliphatic rings. The van der Waals surface area contributed by atoms with Gasteiger partial charge in [-0.15, -0.1) is 0 Å². The maximum absolute atomic E-state index is 6.47. The Kier molecular flexibility index (Phi) is 10.2. The first-order chi connectivity index (χ1) is 40.7. The first kappa shape index (κ1) is 45.9. The molecule has 82 heavy (non-hydrogen) atoms. The Labute approximate surface area is 471 Å². The second-order valence-electron chi connectivity index (χ2n) is 21.2. The highest BCUT2D eigenvalue weighted by Crippen LogP contribution is 2.51. The summed E-state index contributed by atoms with van der Waals surface area (Å²) in [6.07, 6.45) is 0. The summed E-state index contributed by atoms with van der Waals surface area (Å²) in [5.41, 5.74) is 18.4. The van der Waals surface area contributed by atoms with Crippen molar-refractivity contribution in [3.05, 3.63) is 291 Å². The minimum Gasteiger partial charge on any atom is -0.305 e. The molecule has 6 nitrogen and oxygen atoms in total. The van der Waals surface area contributed by atoms with E-state index in [4.69, 9.17) is 9.97 Å². The highest BCUT2D eigenvalue weighted by Gasteiger charge is 2.33. The van der Waals surface area contributed by atoms with Crippen LogP contribution in [-0.2, 0) is 0 Å². The lowest BCUT2D eigenvalue weighted by molar-refractivity contribution is 0.961. The van der Waals surface area contributed by atoms with E-state index in [0.717, 1.165) is 155 Å². The van der Waals surface area contributed by atoms with Crippen LogP contribution >= 0.6 is 0 Å². The minimum absolute atomic E-state index is 0.791. The van der Waals surface area contributed by atoms with Gasteiger partial charge in [-0.05, 0) is 77.4 Å². The number of fused-ring (bicyclic) bond motifs is 12. The number of aromatic nitrogens is 6. The summed E-state index contributed by atoms with van der Waals surface area (Å²) in [5.74, 6) is 1.58. The summed E-state index contributed by atoms with van der Waals surface area (Å²) in [6, 6.07) is 106. The molecule has 0 atom stereocenters. The van der Waals surface area contributed by atoms with Crippen molar-refractivity contribution in [1.29, 1.82) is 0 Å². The van der Waals surface area contributed by atoms with Gasteiger partial charge in [-0.1, -0.05) is 231 Å². The zero-order chi connectivity index (χ0) is 53.8. The third kappa shape index (κ3) is 6.82. The number of benzene rings is 11. The highest BCUT2D eigenvalue weighted by molar-refractivity contribution is 6.16. The molecule has 0 aliphatic carbocycles. The molecule has 0 N–H and O–H groups in total. The monoisotopic (exact) mass is 1040 g/mol. The standard InChI is InChI=1S/C76H48N6/c1-3-25-49(26-4-1)62-47-51(48-63(77-62)50-27-5-2-6-28-50)52-29-7-8-38-61(52)72-73(79-64-39-17-9-30-53(64)54-31-10-18-40-65(54)79)75(81-68-43-21-13-34-57(68)58-35-14-22-44-69(58)81)78-76(82-70-45-23-15-36-59(70)60-37-16-24-46-71(60)82)74(72)80-66-41-19-11-32-55(66)56-33-12-20-42-67(56)80/h1-48H. The van der Waals surface area contributed by atoms with E-state index in [1.165, 1.54) is 0 Å². The average Bonchev–Trinajstić information content (AvgIpc) is 1.84. The summed E-state index contributed by atoms with van der Waals surface area (Å²) in [4.78, 5) is 11.9. The molecule has 17 aromatic rings. The van der Waals surface area contributed by atoms with Gasteiger partial charge in [0.1, 0.15) is 11.4 Å². The van der Waals surface area contributed by atoms with E-state index in [1.807, 2.05) is 0 Å². The van der Waals surface area contributed by atoms with Crippen LogP contribution in [0, 0.1) is 0 Å². The lowest BCUT2D eigenvalue weighted by Crippen LogP contribution is -2.16. The van der Waals surface area contributed by atoms with Gasteiger partial charge in [0.05, 0.1) is 55.5 Å². The van der Waals surface area contributed by atoms with E-state index < -0.39 is 0 Å². The fourth-order valence-electron chi connectivity index (χ4n) is 13.3. The maximum Gasteiger partial charge on any atom is 0.165 e. The van der Waals surface area contributed by atoms with Crippen LogP contribution in [0.15, 0.2) is 291 Å². The molecule has 382 valence electrons. The lowest BCUT2D eigenvalue weighted by Gasteiger charge is -2.28. The van der Waals surface area contributed by atoms with E-state index in [0.29, 0.717) is 0 Å². The Balaban J connectivity index is 1.17. The normalized spacial score (nSPS) is 11.9. The Bertz CT molecular complexity index is 4890. The van der Waals surface area contributed by atoms with Gasteiger partial charge >= 0.3 is 0 Å². The molecule has 0 unspecified atom stereocenters. The topological polar surface area (TPSA) is 45.5 Å². The number of para-hydroxylation sites is 8. The van der Waals surface area contributed by atoms with Gasteiger partial charge in [0, 0.05) is 59.8 Å². The van der Waals surface area contributed by atoms with Gasteiger partial charge < -0.3 is 9.13 Å². The number of hydrogen-bond donors (Lipinski definition) is 0. The minimum atomic E-state index is 0.791. The molecule has 17 rings (SSSR count). The van der Waals surface area contributed by atoms with Crippen LogP contribution in [0.5, 0.6) is 0 Å². The molecule has 0 aliphatic heterocycles. The molecule has 0 saturated carbocycles. The van der Waals surface area contributed by atoms with Gasteiger partial charge in [-0.2, -0.15) is 0 Å². The highest BCUT2D eigenvalue weighted by atomic mass is 15.2. The number of nitrogens with zero attached hydrogens (tertiary/aromatic N) is 6. The predicted molar refractivity (Wildman–Crippen MR) is 341 cm³/mol. The smallest absolute Gasteiger partial charge is 0.165 e. The first-order valence-corrected chi connectivity index (χ1v) is 28.0. The lowest BCUT2D eigenvalue weighted by atomic mass is 9.91. The van der Waals surface area contributed by atoms with Gasteiger partial charge in [0.2, 0.25) is 0 Å². The van der Waals surface area contributed by atoms with Crippen LogP contribution in [0.25, 0.3) is 155 Å². The molecule has 0 saturated heterocycles. The van der Waals surface area contributed by atoms with Crippen molar-refractivity contribution >= 4 is 87.2 Å². The molecule has 0 fully saturated rings. The molecule has 6 aromatic heterocycles. The molecule has 0 amide bonds. The fourth-order valence-corrected chi connectivity index (χ4v) is 13.3. The summed E-state index contributed by atoms with van der Waals surface area (Å²) < 4.78 is 9.92. The molecule has 6 heterocycles. The van der Waals surface area contributed by atoms with Crippen LogP contribution in [0.1, 0.15) is 0 Å². The summed E-state index contributed by atoms with van der Waals surface area (Å²) in [7, 11) is 0. The number of pyridine rings is 2. The summed E-state index contributed by atoms with van der Waals surface area (Å²) >= 11 is 0. The van der Waals surface area contributed by atoms with Gasteiger partial charge in [0.15, 0.2) is 11.6 Å². The van der Waals surface area contributed by atoms with Crippen molar-refractivity contribution in [2.24, 2.45) is 0 Å². The predicted octanol–water partition coefficient (Wildman–Crippen LogP) is 19.5. The van der Waals surface area contributed by atoms with Gasteiger partial charge in [-0.25, -0.2) is 9.97 Å². The van der Waals surface area contributed by atoms with Gasteiger partial charge in [-0.3, -0.25) is 9.13 Å². The van der Waals surface area contributed by atoms with Crippen molar-refractivity contribution in [2.45, 2.75) is 0 Å². The molecular formula is C76H48N6. The number of rotatable bonds is 8. The zero-order valence-electron chi connectivity index (χ0n) is 44.4. The molecule has 0 radical (unpaired) electrons. The van der Waals surface area contributed by atoms with E-state index in [-0.39, 0.29) is 0 Å². The van der Waals surface area contributed by atoms with Gasteiger partial charge in [0.25, 0.3) is 0 Å². The molecular weight excluding hydrogens is 997 g/mol. The van der Waals surface area contributed by atoms with Crippen LogP contribution in [0.4, 0.5) is 0 Å². The largest absolute Gasteiger partial charge is 0.305 e. The third-order valence-electron chi connectivity index (χ3n) is 16.8. The zero-order valence-corrected chi connectivity index (χ0v) is 44.4. The van der Waals surface area contributed by atoms with Crippen LogP contribution in [-0.4, -0.2) is 28.2 Å². The second kappa shape index (κ2) is 18.2. The van der Waals surface area contributed by atoms with Crippen molar-refractivity contribution in [2.75, 3.05) is 0 Å². The fraction of sp³-hybridized carbons (Fsp3) is 0. The number of hydrogen-bond acceptors (Lipinski definition) is 2.